The number of halogens is 1. The second kappa shape index (κ2) is 5.13. The summed E-state index contributed by atoms with van der Waals surface area (Å²) in [5.41, 5.74) is 2.19. The summed E-state index contributed by atoms with van der Waals surface area (Å²) >= 11 is 5.89. The highest BCUT2D eigenvalue weighted by atomic mass is 35.5. The predicted octanol–water partition coefficient (Wildman–Crippen LogP) is 4.53. The fraction of sp³-hybridized carbons (Fsp3) is 0.200. The van der Waals surface area contributed by atoms with E-state index in [4.69, 9.17) is 16.3 Å². The Morgan fingerprint density at radius 1 is 1.15 bits per heavy atom. The van der Waals surface area contributed by atoms with Crippen LogP contribution in [0.4, 0.5) is 5.69 Å². The molecule has 2 aromatic carbocycles. The molecule has 0 bridgehead atoms. The lowest BCUT2D eigenvalue weighted by Gasteiger charge is -2.09. The maximum atomic E-state index is 11.2. The van der Waals surface area contributed by atoms with Gasteiger partial charge in [-0.15, -0.1) is 0 Å². The van der Waals surface area contributed by atoms with Crippen molar-refractivity contribution in [2.45, 2.75) is 19.3 Å². The largest absolute Gasteiger partial charge is 0.450 e. The molecule has 3 rings (SSSR count). The van der Waals surface area contributed by atoms with Gasteiger partial charge in [-0.1, -0.05) is 17.7 Å². The van der Waals surface area contributed by atoms with Crippen LogP contribution in [0.15, 0.2) is 36.4 Å². The first-order valence-electron chi connectivity index (χ1n) is 6.37. The molecule has 0 unspecified atom stereocenters. The van der Waals surface area contributed by atoms with Gasteiger partial charge in [-0.2, -0.15) is 0 Å². The van der Waals surface area contributed by atoms with Gasteiger partial charge in [-0.25, -0.2) is 0 Å². The second-order valence-electron chi connectivity index (χ2n) is 4.76. The molecule has 0 saturated heterocycles. The molecule has 0 amide bonds. The van der Waals surface area contributed by atoms with E-state index in [1.165, 1.54) is 0 Å². The van der Waals surface area contributed by atoms with Gasteiger partial charge in [0, 0.05) is 11.1 Å². The minimum Gasteiger partial charge on any atom is -0.450 e. The molecule has 0 fully saturated rings. The van der Waals surface area contributed by atoms with Crippen molar-refractivity contribution in [1.82, 2.24) is 0 Å². The molecular weight excluding hydrogens is 278 g/mol. The summed E-state index contributed by atoms with van der Waals surface area (Å²) in [5, 5.41) is 11.7. The van der Waals surface area contributed by atoms with E-state index in [9.17, 15) is 10.1 Å². The number of nitro benzene ring substituents is 1. The number of benzene rings is 2. The molecule has 2 aromatic rings. The number of rotatable bonds is 3. The van der Waals surface area contributed by atoms with Gasteiger partial charge in [0.2, 0.25) is 5.75 Å². The predicted molar refractivity (Wildman–Crippen MR) is 76.6 cm³/mol. The Balaban J connectivity index is 2.01. The van der Waals surface area contributed by atoms with Crippen molar-refractivity contribution in [1.29, 1.82) is 0 Å². The summed E-state index contributed by atoms with van der Waals surface area (Å²) in [6.07, 6.45) is 2.87. The molecule has 20 heavy (non-hydrogen) atoms. The second-order valence-corrected chi connectivity index (χ2v) is 5.20. The van der Waals surface area contributed by atoms with Crippen LogP contribution in [0.5, 0.6) is 11.5 Å². The zero-order chi connectivity index (χ0) is 14.1. The van der Waals surface area contributed by atoms with Crippen molar-refractivity contribution in [3.63, 3.8) is 0 Å². The van der Waals surface area contributed by atoms with E-state index in [0.717, 1.165) is 30.4 Å². The highest BCUT2D eigenvalue weighted by Gasteiger charge is 2.22. The topological polar surface area (TPSA) is 52.4 Å². The molecule has 1 aliphatic carbocycles. The van der Waals surface area contributed by atoms with Crippen molar-refractivity contribution in [3.05, 3.63) is 62.7 Å². The number of nitrogens with zero attached hydrogens (tertiary/aromatic N) is 1. The van der Waals surface area contributed by atoms with Crippen LogP contribution in [0.2, 0.25) is 5.02 Å². The lowest BCUT2D eigenvalue weighted by atomic mass is 10.1. The number of hydrogen-bond donors (Lipinski definition) is 0. The minimum absolute atomic E-state index is 0.00521. The third-order valence-electron chi connectivity index (χ3n) is 3.39. The van der Waals surface area contributed by atoms with Crippen LogP contribution in [0.25, 0.3) is 0 Å². The monoisotopic (exact) mass is 289 g/mol. The Labute approximate surface area is 121 Å². The number of nitro groups is 1. The highest BCUT2D eigenvalue weighted by Crippen LogP contribution is 2.37. The molecule has 0 spiro atoms. The van der Waals surface area contributed by atoms with Gasteiger partial charge >= 0.3 is 5.69 Å². The average Bonchev–Trinajstić information content (AvgIpc) is 2.84. The highest BCUT2D eigenvalue weighted by molar-refractivity contribution is 6.30. The maximum Gasteiger partial charge on any atom is 0.311 e. The summed E-state index contributed by atoms with van der Waals surface area (Å²) in [7, 11) is 0. The standard InChI is InChI=1S/C15H12ClNO3/c16-12-5-2-6-13(9-12)20-15-8-11-4-1-3-10(11)7-14(15)17(18)19/h2,5-9H,1,3-4H2. The van der Waals surface area contributed by atoms with Gasteiger partial charge in [0.15, 0.2) is 0 Å². The molecule has 0 saturated carbocycles. The quantitative estimate of drug-likeness (QED) is 0.616. The van der Waals surface area contributed by atoms with E-state index in [-0.39, 0.29) is 11.4 Å². The summed E-state index contributed by atoms with van der Waals surface area (Å²) in [5.74, 6) is 0.775. The Kier molecular flexibility index (Phi) is 3.32. The molecule has 0 aromatic heterocycles. The molecule has 1 aliphatic rings. The normalized spacial score (nSPS) is 13.1. The van der Waals surface area contributed by atoms with E-state index < -0.39 is 4.92 Å². The minimum atomic E-state index is -0.404. The number of aryl methyl sites for hydroxylation is 2. The van der Waals surface area contributed by atoms with Crippen molar-refractivity contribution >= 4 is 17.3 Å². The zero-order valence-electron chi connectivity index (χ0n) is 10.6. The van der Waals surface area contributed by atoms with E-state index in [1.807, 2.05) is 0 Å². The first kappa shape index (κ1) is 12.9. The number of fused-ring (bicyclic) bond motifs is 1. The van der Waals surface area contributed by atoms with Gasteiger partial charge in [-0.3, -0.25) is 10.1 Å². The molecule has 0 heterocycles. The van der Waals surface area contributed by atoms with E-state index >= 15 is 0 Å². The fourth-order valence-corrected chi connectivity index (χ4v) is 2.65. The number of hydrogen-bond acceptors (Lipinski definition) is 3. The summed E-state index contributed by atoms with van der Waals surface area (Å²) in [4.78, 5) is 10.8. The average molecular weight is 290 g/mol. The first-order chi connectivity index (χ1) is 9.63. The first-order valence-corrected chi connectivity index (χ1v) is 6.75. The molecule has 102 valence electrons. The third-order valence-corrected chi connectivity index (χ3v) is 3.63. The van der Waals surface area contributed by atoms with E-state index in [0.29, 0.717) is 10.8 Å². The van der Waals surface area contributed by atoms with Crippen LogP contribution in [-0.2, 0) is 12.8 Å². The van der Waals surface area contributed by atoms with Gasteiger partial charge < -0.3 is 4.74 Å². The summed E-state index contributed by atoms with van der Waals surface area (Å²) in [6, 6.07) is 10.2. The van der Waals surface area contributed by atoms with Gasteiger partial charge in [0.05, 0.1) is 4.92 Å². The van der Waals surface area contributed by atoms with Crippen LogP contribution in [0, 0.1) is 10.1 Å². The Morgan fingerprint density at radius 2 is 1.90 bits per heavy atom. The fourth-order valence-electron chi connectivity index (χ4n) is 2.47. The van der Waals surface area contributed by atoms with Gasteiger partial charge in [0.1, 0.15) is 5.75 Å². The molecule has 0 atom stereocenters. The molecule has 5 heteroatoms. The summed E-state index contributed by atoms with van der Waals surface area (Å²) in [6.45, 7) is 0. The Morgan fingerprint density at radius 3 is 2.60 bits per heavy atom. The van der Waals surface area contributed by atoms with Crippen LogP contribution in [-0.4, -0.2) is 4.92 Å². The lowest BCUT2D eigenvalue weighted by Crippen LogP contribution is -1.96. The molecule has 0 radical (unpaired) electrons. The van der Waals surface area contributed by atoms with Gasteiger partial charge in [0.25, 0.3) is 0 Å². The van der Waals surface area contributed by atoms with Crippen LogP contribution in [0.1, 0.15) is 17.5 Å². The van der Waals surface area contributed by atoms with Crippen LogP contribution in [0.3, 0.4) is 0 Å². The van der Waals surface area contributed by atoms with Crippen molar-refractivity contribution in [3.8, 4) is 11.5 Å². The molecule has 0 N–H and O–H groups in total. The lowest BCUT2D eigenvalue weighted by molar-refractivity contribution is -0.385. The SMILES string of the molecule is O=[N+]([O-])c1cc2c(cc1Oc1cccc(Cl)c1)CCC2. The van der Waals surface area contributed by atoms with Gasteiger partial charge in [-0.05, 0) is 54.7 Å². The van der Waals surface area contributed by atoms with E-state index in [1.54, 1.807) is 36.4 Å². The van der Waals surface area contributed by atoms with Crippen LogP contribution >= 0.6 is 11.6 Å². The summed E-state index contributed by atoms with van der Waals surface area (Å²) < 4.78 is 5.65. The third kappa shape index (κ3) is 2.47. The van der Waals surface area contributed by atoms with Crippen molar-refractivity contribution < 1.29 is 9.66 Å². The number of ether oxygens (including phenoxy) is 1. The molecule has 0 aliphatic heterocycles. The van der Waals surface area contributed by atoms with Crippen molar-refractivity contribution in [2.75, 3.05) is 0 Å². The van der Waals surface area contributed by atoms with E-state index in [2.05, 4.69) is 0 Å². The van der Waals surface area contributed by atoms with Crippen LogP contribution < -0.4 is 4.74 Å². The molecular formula is C15H12ClNO3. The Hall–Kier alpha value is -2.07. The van der Waals surface area contributed by atoms with Crippen molar-refractivity contribution in [2.24, 2.45) is 0 Å². The smallest absolute Gasteiger partial charge is 0.311 e. The Bertz CT molecular complexity index is 685. The maximum absolute atomic E-state index is 11.2. The molecule has 4 nitrogen and oxygen atoms in total. The zero-order valence-corrected chi connectivity index (χ0v) is 11.4.